The Bertz CT molecular complexity index is 1260. The van der Waals surface area contributed by atoms with Gasteiger partial charge in [0.15, 0.2) is 0 Å². The highest BCUT2D eigenvalue weighted by Gasteiger charge is 2.52. The largest absolute Gasteiger partial charge is 0.481 e. The van der Waals surface area contributed by atoms with Crippen LogP contribution < -0.4 is 5.32 Å². The van der Waals surface area contributed by atoms with Gasteiger partial charge in [-0.25, -0.2) is 0 Å². The van der Waals surface area contributed by atoms with E-state index in [1.807, 2.05) is 24.3 Å². The molecule has 2 aliphatic carbocycles. The number of halogens is 2. The second kappa shape index (κ2) is 9.67. The van der Waals surface area contributed by atoms with Gasteiger partial charge in [-0.3, -0.25) is 9.59 Å². The second-order valence-electron chi connectivity index (χ2n) is 9.73. The van der Waals surface area contributed by atoms with Crippen LogP contribution in [0.4, 0.5) is 0 Å². The van der Waals surface area contributed by atoms with Crippen LogP contribution in [0.25, 0.3) is 11.1 Å². The van der Waals surface area contributed by atoms with Crippen molar-refractivity contribution in [2.75, 3.05) is 6.54 Å². The van der Waals surface area contributed by atoms with Crippen LogP contribution in [-0.4, -0.2) is 23.5 Å². The predicted octanol–water partition coefficient (Wildman–Crippen LogP) is 6.97. The van der Waals surface area contributed by atoms with Crippen LogP contribution in [0.1, 0.15) is 53.6 Å². The fraction of sp³-hybridized carbons (Fsp3) is 0.310. The number of carboxylic acids is 1. The molecule has 0 spiro atoms. The number of rotatable bonds is 7. The summed E-state index contributed by atoms with van der Waals surface area (Å²) in [5.41, 5.74) is 5.04. The average molecular weight is 508 g/mol. The molecule has 0 saturated heterocycles. The highest BCUT2D eigenvalue weighted by molar-refractivity contribution is 6.36. The number of nitrogens with one attached hydrogen (secondary N) is 1. The number of amides is 1. The van der Waals surface area contributed by atoms with Crippen molar-refractivity contribution in [2.24, 2.45) is 11.8 Å². The van der Waals surface area contributed by atoms with E-state index in [9.17, 15) is 9.59 Å². The first kappa shape index (κ1) is 23.9. The van der Waals surface area contributed by atoms with Gasteiger partial charge in [0, 0.05) is 33.1 Å². The Morgan fingerprint density at radius 3 is 2.20 bits per heavy atom. The molecule has 0 heterocycles. The zero-order valence-corrected chi connectivity index (χ0v) is 20.8. The number of hydrogen-bond acceptors (Lipinski definition) is 2. The first-order chi connectivity index (χ1) is 16.9. The fourth-order valence-corrected chi connectivity index (χ4v) is 6.70. The van der Waals surface area contributed by atoms with Gasteiger partial charge in [-0.2, -0.15) is 0 Å². The SMILES string of the molecule is O=C(O)CCNC(=O)c1ccc(C2(c3ccc(-c4ccc(Cl)cc4Cl)cc3)CC3CCC2C3)cc1. The molecule has 0 radical (unpaired) electrons. The first-order valence-electron chi connectivity index (χ1n) is 12.0. The quantitative estimate of drug-likeness (QED) is 0.362. The molecule has 2 fully saturated rings. The summed E-state index contributed by atoms with van der Waals surface area (Å²) in [5.74, 6) is 0.129. The summed E-state index contributed by atoms with van der Waals surface area (Å²) in [4.78, 5) is 23.1. The molecule has 35 heavy (non-hydrogen) atoms. The van der Waals surface area contributed by atoms with Crippen molar-refractivity contribution in [2.45, 2.75) is 37.5 Å². The summed E-state index contributed by atoms with van der Waals surface area (Å²) in [5, 5.41) is 12.7. The molecule has 2 aliphatic rings. The van der Waals surface area contributed by atoms with E-state index in [1.54, 1.807) is 6.07 Å². The molecule has 180 valence electrons. The molecule has 3 aromatic carbocycles. The average Bonchev–Trinajstić information content (AvgIpc) is 3.46. The minimum Gasteiger partial charge on any atom is -0.481 e. The van der Waals surface area contributed by atoms with E-state index in [0.29, 0.717) is 21.5 Å². The smallest absolute Gasteiger partial charge is 0.305 e. The molecule has 4 nitrogen and oxygen atoms in total. The van der Waals surface area contributed by atoms with Gasteiger partial charge >= 0.3 is 5.97 Å². The number of fused-ring (bicyclic) bond motifs is 2. The highest BCUT2D eigenvalue weighted by Crippen LogP contribution is 2.60. The number of hydrogen-bond donors (Lipinski definition) is 2. The minimum absolute atomic E-state index is 0.0659. The van der Waals surface area contributed by atoms with Crippen LogP contribution in [0, 0.1) is 11.8 Å². The van der Waals surface area contributed by atoms with Crippen LogP contribution in [0.3, 0.4) is 0 Å². The zero-order chi connectivity index (χ0) is 24.6. The summed E-state index contributed by atoms with van der Waals surface area (Å²) in [6.07, 6.45) is 4.76. The van der Waals surface area contributed by atoms with Crippen molar-refractivity contribution >= 4 is 35.1 Å². The molecule has 0 aromatic heterocycles. The van der Waals surface area contributed by atoms with Gasteiger partial charge in [0.2, 0.25) is 0 Å². The molecule has 3 unspecified atom stereocenters. The Morgan fingerprint density at radius 2 is 1.63 bits per heavy atom. The third-order valence-electron chi connectivity index (χ3n) is 7.78. The van der Waals surface area contributed by atoms with Crippen LogP contribution in [-0.2, 0) is 10.2 Å². The molecule has 2 bridgehead atoms. The zero-order valence-electron chi connectivity index (χ0n) is 19.3. The lowest BCUT2D eigenvalue weighted by Gasteiger charge is -2.39. The van der Waals surface area contributed by atoms with Gasteiger partial charge in [-0.05, 0) is 72.1 Å². The molecule has 6 heteroatoms. The molecule has 3 aromatic rings. The Balaban J connectivity index is 1.44. The maximum absolute atomic E-state index is 12.4. The Kier molecular flexibility index (Phi) is 6.61. The van der Waals surface area contributed by atoms with E-state index in [-0.39, 0.29) is 24.3 Å². The number of aliphatic carboxylic acids is 1. The lowest BCUT2D eigenvalue weighted by Crippen LogP contribution is -2.34. The predicted molar refractivity (Wildman–Crippen MR) is 139 cm³/mol. The van der Waals surface area contributed by atoms with Crippen molar-refractivity contribution in [3.63, 3.8) is 0 Å². The summed E-state index contributed by atoms with van der Waals surface area (Å²) >= 11 is 12.5. The van der Waals surface area contributed by atoms with Crippen molar-refractivity contribution in [3.05, 3.63) is 93.5 Å². The second-order valence-corrected chi connectivity index (χ2v) is 10.6. The lowest BCUT2D eigenvalue weighted by molar-refractivity contribution is -0.136. The summed E-state index contributed by atoms with van der Waals surface area (Å²) < 4.78 is 0. The van der Waals surface area contributed by atoms with E-state index in [4.69, 9.17) is 28.3 Å². The van der Waals surface area contributed by atoms with Crippen molar-refractivity contribution in [1.82, 2.24) is 5.32 Å². The van der Waals surface area contributed by atoms with Crippen LogP contribution in [0.2, 0.25) is 10.0 Å². The monoisotopic (exact) mass is 507 g/mol. The van der Waals surface area contributed by atoms with E-state index in [1.165, 1.54) is 30.4 Å². The van der Waals surface area contributed by atoms with Crippen LogP contribution in [0.5, 0.6) is 0 Å². The molecular weight excluding hydrogens is 481 g/mol. The number of carbonyl (C=O) groups is 2. The maximum Gasteiger partial charge on any atom is 0.305 e. The Morgan fingerprint density at radius 1 is 0.943 bits per heavy atom. The number of carboxylic acid groups (broad SMARTS) is 1. The lowest BCUT2D eigenvalue weighted by atomic mass is 9.64. The molecule has 2 N–H and O–H groups in total. The van der Waals surface area contributed by atoms with Gasteiger partial charge in [-0.15, -0.1) is 0 Å². The fourth-order valence-electron chi connectivity index (χ4n) is 6.18. The van der Waals surface area contributed by atoms with Gasteiger partial charge in [-0.1, -0.05) is 72.1 Å². The molecule has 1 amide bonds. The van der Waals surface area contributed by atoms with Crippen LogP contribution >= 0.6 is 23.2 Å². The van der Waals surface area contributed by atoms with Gasteiger partial charge < -0.3 is 10.4 Å². The minimum atomic E-state index is -0.928. The molecule has 0 aliphatic heterocycles. The summed E-state index contributed by atoms with van der Waals surface area (Å²) in [6.45, 7) is 0.119. The normalized spacial score (nSPS) is 22.8. The van der Waals surface area contributed by atoms with E-state index in [2.05, 4.69) is 41.7 Å². The summed E-state index contributed by atoms with van der Waals surface area (Å²) in [7, 11) is 0. The number of carbonyl (C=O) groups excluding carboxylic acids is 1. The maximum atomic E-state index is 12.4. The first-order valence-corrected chi connectivity index (χ1v) is 12.8. The third kappa shape index (κ3) is 4.57. The van der Waals surface area contributed by atoms with Crippen molar-refractivity contribution in [3.8, 4) is 11.1 Å². The standard InChI is InChI=1S/C29H27Cl2NO3/c30-24-11-12-25(26(31)16-24)19-2-7-21(8-3-19)29(17-18-1-6-23(29)15-18)22-9-4-20(5-10-22)28(35)32-14-13-27(33)34/h2-5,7-12,16,18,23H,1,6,13-15,17H2,(H,32,35)(H,33,34). The van der Waals surface area contributed by atoms with Crippen molar-refractivity contribution in [1.29, 1.82) is 0 Å². The van der Waals surface area contributed by atoms with Crippen LogP contribution in [0.15, 0.2) is 66.7 Å². The van der Waals surface area contributed by atoms with Gasteiger partial charge in [0.1, 0.15) is 0 Å². The topological polar surface area (TPSA) is 66.4 Å². The Labute approximate surface area is 215 Å². The Hall–Kier alpha value is -2.82. The van der Waals surface area contributed by atoms with E-state index in [0.717, 1.165) is 23.5 Å². The van der Waals surface area contributed by atoms with Gasteiger partial charge in [0.25, 0.3) is 5.91 Å². The molecule has 5 rings (SSSR count). The summed E-state index contributed by atoms with van der Waals surface area (Å²) in [6, 6.07) is 22.2. The van der Waals surface area contributed by atoms with Crippen molar-refractivity contribution < 1.29 is 14.7 Å². The van der Waals surface area contributed by atoms with E-state index >= 15 is 0 Å². The molecule has 2 saturated carbocycles. The third-order valence-corrected chi connectivity index (χ3v) is 8.33. The van der Waals surface area contributed by atoms with E-state index < -0.39 is 5.97 Å². The highest BCUT2D eigenvalue weighted by atomic mass is 35.5. The number of benzene rings is 3. The molecular formula is C29H27Cl2NO3. The molecule has 3 atom stereocenters. The van der Waals surface area contributed by atoms with Gasteiger partial charge in [0.05, 0.1) is 6.42 Å².